The van der Waals surface area contributed by atoms with Crippen LogP contribution in [0.2, 0.25) is 0 Å². The summed E-state index contributed by atoms with van der Waals surface area (Å²) in [5.41, 5.74) is 0.187. The van der Waals surface area contributed by atoms with Crippen molar-refractivity contribution in [2.24, 2.45) is 0 Å². The Morgan fingerprint density at radius 1 is 1.41 bits per heavy atom. The second-order valence-electron chi connectivity index (χ2n) is 4.21. The molecule has 0 radical (unpaired) electrons. The second-order valence-corrected chi connectivity index (χ2v) is 6.47. The predicted molar refractivity (Wildman–Crippen MR) is 57.9 cm³/mol. The summed E-state index contributed by atoms with van der Waals surface area (Å²) >= 11 is 0. The number of aryl methyl sites for hydroxylation is 1. The van der Waals surface area contributed by atoms with Crippen LogP contribution in [0.5, 0.6) is 0 Å². The Hall–Kier alpha value is -1.43. The SMILES string of the molecule is Cc1cc(S(=O)(=O)C2(C(=O)O)CC2)ccc1F. The monoisotopic (exact) mass is 258 g/mol. The number of rotatable bonds is 3. The van der Waals surface area contributed by atoms with Crippen LogP contribution in [-0.2, 0) is 14.6 Å². The molecule has 1 aromatic carbocycles. The van der Waals surface area contributed by atoms with Crippen LogP contribution in [0.1, 0.15) is 18.4 Å². The van der Waals surface area contributed by atoms with E-state index in [0.29, 0.717) is 0 Å². The number of carbonyl (C=O) groups is 1. The van der Waals surface area contributed by atoms with Gasteiger partial charge in [-0.05, 0) is 43.5 Å². The van der Waals surface area contributed by atoms with Gasteiger partial charge in [-0.15, -0.1) is 0 Å². The molecule has 1 aromatic rings. The molecule has 0 heterocycles. The highest BCUT2D eigenvalue weighted by molar-refractivity contribution is 7.94. The van der Waals surface area contributed by atoms with Gasteiger partial charge < -0.3 is 5.11 Å². The molecule has 92 valence electrons. The van der Waals surface area contributed by atoms with E-state index in [4.69, 9.17) is 5.11 Å². The fourth-order valence-electron chi connectivity index (χ4n) is 1.72. The van der Waals surface area contributed by atoms with Crippen molar-refractivity contribution in [1.29, 1.82) is 0 Å². The van der Waals surface area contributed by atoms with Crippen molar-refractivity contribution in [3.8, 4) is 0 Å². The van der Waals surface area contributed by atoms with Gasteiger partial charge in [0.15, 0.2) is 14.6 Å². The van der Waals surface area contributed by atoms with Crippen molar-refractivity contribution in [3.63, 3.8) is 0 Å². The maximum Gasteiger partial charge on any atom is 0.325 e. The topological polar surface area (TPSA) is 71.4 Å². The van der Waals surface area contributed by atoms with E-state index in [-0.39, 0.29) is 23.3 Å². The molecule has 0 aromatic heterocycles. The zero-order valence-corrected chi connectivity index (χ0v) is 9.92. The quantitative estimate of drug-likeness (QED) is 0.834. The van der Waals surface area contributed by atoms with Crippen molar-refractivity contribution >= 4 is 15.8 Å². The van der Waals surface area contributed by atoms with Gasteiger partial charge in [-0.2, -0.15) is 0 Å². The molecule has 1 aliphatic rings. The molecule has 17 heavy (non-hydrogen) atoms. The first-order chi connectivity index (χ1) is 7.81. The highest BCUT2D eigenvalue weighted by Crippen LogP contribution is 2.47. The molecular weight excluding hydrogens is 247 g/mol. The second kappa shape index (κ2) is 3.53. The third-order valence-electron chi connectivity index (χ3n) is 3.05. The van der Waals surface area contributed by atoms with Gasteiger partial charge in [0, 0.05) is 0 Å². The molecule has 0 aliphatic heterocycles. The fraction of sp³-hybridized carbons (Fsp3) is 0.364. The number of aliphatic carboxylic acids is 1. The van der Waals surface area contributed by atoms with E-state index in [2.05, 4.69) is 0 Å². The summed E-state index contributed by atoms with van der Waals surface area (Å²) in [7, 11) is -3.93. The van der Waals surface area contributed by atoms with Crippen molar-refractivity contribution in [3.05, 3.63) is 29.6 Å². The van der Waals surface area contributed by atoms with Gasteiger partial charge in [-0.25, -0.2) is 12.8 Å². The van der Waals surface area contributed by atoms with Crippen molar-refractivity contribution in [1.82, 2.24) is 0 Å². The van der Waals surface area contributed by atoms with Crippen LogP contribution >= 0.6 is 0 Å². The average molecular weight is 258 g/mol. The minimum atomic E-state index is -3.93. The number of carboxylic acids is 1. The lowest BCUT2D eigenvalue weighted by molar-refractivity contribution is -0.137. The van der Waals surface area contributed by atoms with Gasteiger partial charge in [0.1, 0.15) is 5.82 Å². The van der Waals surface area contributed by atoms with E-state index < -0.39 is 26.4 Å². The highest BCUT2D eigenvalue weighted by atomic mass is 32.2. The van der Waals surface area contributed by atoms with Crippen molar-refractivity contribution < 1.29 is 22.7 Å². The summed E-state index contributed by atoms with van der Waals surface area (Å²) in [6.07, 6.45) is 0.224. The lowest BCUT2D eigenvalue weighted by atomic mass is 10.2. The van der Waals surface area contributed by atoms with Crippen LogP contribution in [0.25, 0.3) is 0 Å². The normalized spacial score (nSPS) is 17.8. The molecule has 1 fully saturated rings. The van der Waals surface area contributed by atoms with E-state index in [1.807, 2.05) is 0 Å². The summed E-state index contributed by atoms with van der Waals surface area (Å²) in [6.45, 7) is 1.44. The molecule has 0 unspecified atom stereocenters. The first-order valence-electron chi connectivity index (χ1n) is 5.05. The van der Waals surface area contributed by atoms with E-state index in [1.165, 1.54) is 13.0 Å². The number of halogens is 1. The van der Waals surface area contributed by atoms with Gasteiger partial charge in [0.2, 0.25) is 0 Å². The van der Waals surface area contributed by atoms with Crippen molar-refractivity contribution in [2.75, 3.05) is 0 Å². The number of benzene rings is 1. The van der Waals surface area contributed by atoms with Crippen LogP contribution in [-0.4, -0.2) is 24.2 Å². The summed E-state index contributed by atoms with van der Waals surface area (Å²) < 4.78 is 35.6. The van der Waals surface area contributed by atoms with Gasteiger partial charge >= 0.3 is 5.97 Å². The number of hydrogen-bond acceptors (Lipinski definition) is 3. The molecule has 6 heteroatoms. The van der Waals surface area contributed by atoms with Gasteiger partial charge in [-0.3, -0.25) is 4.79 Å². The van der Waals surface area contributed by atoms with Gasteiger partial charge in [-0.1, -0.05) is 0 Å². The standard InChI is InChI=1S/C11H11FO4S/c1-7-6-8(2-3-9(7)12)17(15,16)11(4-5-11)10(13)14/h2-3,6H,4-5H2,1H3,(H,13,14). The zero-order chi connectivity index (χ0) is 12.8. The Bertz CT molecular complexity index is 587. The molecule has 4 nitrogen and oxygen atoms in total. The van der Waals surface area contributed by atoms with E-state index in [9.17, 15) is 17.6 Å². The molecule has 1 N–H and O–H groups in total. The lowest BCUT2D eigenvalue weighted by Gasteiger charge is -2.12. The Labute approximate surface area is 98.0 Å². The average Bonchev–Trinajstić information content (AvgIpc) is 3.02. The van der Waals surface area contributed by atoms with Crippen LogP contribution in [0.15, 0.2) is 23.1 Å². The van der Waals surface area contributed by atoms with Gasteiger partial charge in [0.05, 0.1) is 4.90 Å². The Kier molecular flexibility index (Phi) is 2.50. The third-order valence-corrected chi connectivity index (χ3v) is 5.53. The Morgan fingerprint density at radius 3 is 2.41 bits per heavy atom. The molecule has 1 aliphatic carbocycles. The first kappa shape index (κ1) is 12.0. The molecule has 0 atom stereocenters. The maximum absolute atomic E-state index is 13.0. The smallest absolute Gasteiger partial charge is 0.325 e. The molecular formula is C11H11FO4S. The summed E-state index contributed by atoms with van der Waals surface area (Å²) in [5.74, 6) is -1.84. The highest BCUT2D eigenvalue weighted by Gasteiger charge is 2.61. The number of carboxylic acid groups (broad SMARTS) is 1. The minimum Gasteiger partial charge on any atom is -0.480 e. The first-order valence-corrected chi connectivity index (χ1v) is 6.54. The molecule has 2 rings (SSSR count). The Balaban J connectivity index is 2.53. The van der Waals surface area contributed by atoms with E-state index >= 15 is 0 Å². The molecule has 1 saturated carbocycles. The lowest BCUT2D eigenvalue weighted by Crippen LogP contribution is -2.32. The van der Waals surface area contributed by atoms with Crippen molar-refractivity contribution in [2.45, 2.75) is 29.4 Å². The summed E-state index contributed by atoms with van der Waals surface area (Å²) in [6, 6.07) is 3.33. The Morgan fingerprint density at radius 2 is 2.00 bits per heavy atom. The predicted octanol–water partition coefficient (Wildman–Crippen LogP) is 1.53. The number of hydrogen-bond donors (Lipinski definition) is 1. The van der Waals surface area contributed by atoms with Crippen LogP contribution in [0, 0.1) is 12.7 Å². The molecule has 0 amide bonds. The number of sulfone groups is 1. The third kappa shape index (κ3) is 1.63. The summed E-state index contributed by atoms with van der Waals surface area (Å²) in [4.78, 5) is 10.9. The molecule has 0 spiro atoms. The largest absolute Gasteiger partial charge is 0.480 e. The molecule has 0 saturated heterocycles. The van der Waals surface area contributed by atoms with Crippen LogP contribution in [0.3, 0.4) is 0 Å². The van der Waals surface area contributed by atoms with E-state index in [0.717, 1.165) is 12.1 Å². The van der Waals surface area contributed by atoms with E-state index in [1.54, 1.807) is 0 Å². The van der Waals surface area contributed by atoms with Gasteiger partial charge in [0.25, 0.3) is 0 Å². The zero-order valence-electron chi connectivity index (χ0n) is 9.10. The molecule has 0 bridgehead atoms. The maximum atomic E-state index is 13.0. The fourth-order valence-corrected chi connectivity index (χ4v) is 3.62. The minimum absolute atomic E-state index is 0.112. The summed E-state index contributed by atoms with van der Waals surface area (Å²) in [5, 5.41) is 8.97. The van der Waals surface area contributed by atoms with Crippen LogP contribution < -0.4 is 0 Å². The van der Waals surface area contributed by atoms with Crippen LogP contribution in [0.4, 0.5) is 4.39 Å².